The summed E-state index contributed by atoms with van der Waals surface area (Å²) in [7, 11) is 2.03. The van der Waals surface area contributed by atoms with Crippen molar-refractivity contribution in [3.05, 3.63) is 89.6 Å². The quantitative estimate of drug-likeness (QED) is 0.295. The predicted octanol–water partition coefficient (Wildman–Crippen LogP) is 7.05. The molecule has 0 amide bonds. The molecular weight excluding hydrogens is 392 g/mol. The van der Waals surface area contributed by atoms with Crippen molar-refractivity contribution in [2.75, 3.05) is 0 Å². The van der Waals surface area contributed by atoms with E-state index in [1.165, 1.54) is 5.56 Å². The summed E-state index contributed by atoms with van der Waals surface area (Å²) in [6, 6.07) is 25.5. The van der Waals surface area contributed by atoms with Crippen molar-refractivity contribution < 1.29 is 8.98 Å². The molecule has 3 heteroatoms. The van der Waals surface area contributed by atoms with E-state index in [0.29, 0.717) is 11.5 Å². The maximum absolute atomic E-state index is 9.86. The zero-order valence-electron chi connectivity index (χ0n) is 18.8. The van der Waals surface area contributed by atoms with Crippen LogP contribution in [0, 0.1) is 18.3 Å². The Morgan fingerprint density at radius 2 is 1.69 bits per heavy atom. The first-order chi connectivity index (χ1) is 15.5. The number of nitriles is 1. The van der Waals surface area contributed by atoms with Crippen LogP contribution < -0.4 is 4.57 Å². The summed E-state index contributed by atoms with van der Waals surface area (Å²) in [4.78, 5) is 0. The van der Waals surface area contributed by atoms with Gasteiger partial charge in [-0.05, 0) is 59.4 Å². The predicted molar refractivity (Wildman–Crippen MR) is 129 cm³/mol. The Morgan fingerprint density at radius 3 is 2.38 bits per heavy atom. The van der Waals surface area contributed by atoms with Gasteiger partial charge in [0.15, 0.2) is 11.8 Å². The normalized spacial score (nSPS) is 11.4. The molecule has 0 aliphatic rings. The van der Waals surface area contributed by atoms with Gasteiger partial charge in [0.25, 0.3) is 0 Å². The van der Waals surface area contributed by atoms with E-state index >= 15 is 0 Å². The molecule has 156 valence electrons. The summed E-state index contributed by atoms with van der Waals surface area (Å²) in [5.41, 5.74) is 8.92. The lowest BCUT2D eigenvalue weighted by Crippen LogP contribution is -2.30. The molecule has 2 aromatic heterocycles. The van der Waals surface area contributed by atoms with Gasteiger partial charge in [-0.25, -0.2) is 4.57 Å². The van der Waals surface area contributed by atoms with Gasteiger partial charge in [0, 0.05) is 22.9 Å². The number of furan rings is 1. The number of benzene rings is 3. The van der Waals surface area contributed by atoms with E-state index in [1.54, 1.807) is 0 Å². The number of fused-ring (bicyclic) bond motifs is 3. The second-order valence-corrected chi connectivity index (χ2v) is 8.72. The fourth-order valence-electron chi connectivity index (χ4n) is 4.51. The molecule has 32 heavy (non-hydrogen) atoms. The molecule has 5 aromatic rings. The average molecular weight is 418 g/mol. The molecule has 0 aliphatic carbocycles. The fourth-order valence-corrected chi connectivity index (χ4v) is 4.51. The molecule has 0 saturated carbocycles. The van der Waals surface area contributed by atoms with Crippen molar-refractivity contribution in [1.82, 2.24) is 0 Å². The lowest BCUT2D eigenvalue weighted by Gasteiger charge is -2.07. The molecule has 0 saturated heterocycles. The molecule has 2 heterocycles. The molecule has 0 N–H and O–H groups in total. The zero-order valence-corrected chi connectivity index (χ0v) is 18.8. The standard InChI is InChI=1S/C29H25N2O/c1-18(2)20-8-10-21(11-9-20)22-12-13-24-26(16-22)32-29-27(25-7-5-6-14-31(25)4)19(3)15-23(17-30)28(24)29/h5-16,18H,1-4H3/q+1. The van der Waals surface area contributed by atoms with Crippen LogP contribution in [0.25, 0.3) is 44.3 Å². The van der Waals surface area contributed by atoms with Crippen LogP contribution in [0.4, 0.5) is 0 Å². The molecule has 0 unspecified atom stereocenters. The number of aryl methyl sites for hydroxylation is 2. The van der Waals surface area contributed by atoms with Crippen molar-refractivity contribution in [2.24, 2.45) is 7.05 Å². The number of nitrogens with zero attached hydrogens (tertiary/aromatic N) is 2. The van der Waals surface area contributed by atoms with Crippen LogP contribution in [0.2, 0.25) is 0 Å². The highest BCUT2D eigenvalue weighted by atomic mass is 16.3. The Labute approximate surface area is 188 Å². The van der Waals surface area contributed by atoms with E-state index in [2.05, 4.69) is 73.0 Å². The Kier molecular flexibility index (Phi) is 4.79. The van der Waals surface area contributed by atoms with Gasteiger partial charge in [-0.1, -0.05) is 44.2 Å². The highest BCUT2D eigenvalue weighted by molar-refractivity contribution is 6.13. The van der Waals surface area contributed by atoms with Gasteiger partial charge in [0.05, 0.1) is 17.2 Å². The summed E-state index contributed by atoms with van der Waals surface area (Å²) in [5.74, 6) is 0.507. The molecule has 5 rings (SSSR count). The van der Waals surface area contributed by atoms with Crippen molar-refractivity contribution >= 4 is 21.9 Å². The minimum absolute atomic E-state index is 0.507. The van der Waals surface area contributed by atoms with Gasteiger partial charge >= 0.3 is 0 Å². The van der Waals surface area contributed by atoms with E-state index in [0.717, 1.165) is 49.9 Å². The largest absolute Gasteiger partial charge is 0.455 e. The minimum Gasteiger partial charge on any atom is -0.455 e. The number of pyridine rings is 1. The maximum atomic E-state index is 9.86. The van der Waals surface area contributed by atoms with Crippen LogP contribution in [0.5, 0.6) is 0 Å². The van der Waals surface area contributed by atoms with Gasteiger partial charge in [-0.3, -0.25) is 0 Å². The van der Waals surface area contributed by atoms with Crippen LogP contribution >= 0.6 is 0 Å². The molecule has 3 aromatic carbocycles. The molecule has 0 aliphatic heterocycles. The first-order valence-electron chi connectivity index (χ1n) is 10.9. The van der Waals surface area contributed by atoms with Gasteiger partial charge in [0.1, 0.15) is 12.6 Å². The van der Waals surface area contributed by atoms with Crippen molar-refractivity contribution in [3.8, 4) is 28.5 Å². The third-order valence-corrected chi connectivity index (χ3v) is 6.28. The second-order valence-electron chi connectivity index (χ2n) is 8.72. The number of rotatable bonds is 3. The van der Waals surface area contributed by atoms with E-state index in [9.17, 15) is 5.26 Å². The Bertz CT molecular complexity index is 1520. The molecule has 3 nitrogen and oxygen atoms in total. The van der Waals surface area contributed by atoms with E-state index in [-0.39, 0.29) is 0 Å². The number of hydrogen-bond donors (Lipinski definition) is 0. The Morgan fingerprint density at radius 1 is 0.938 bits per heavy atom. The molecule has 0 atom stereocenters. The van der Waals surface area contributed by atoms with Crippen LogP contribution in [-0.2, 0) is 7.05 Å². The Balaban J connectivity index is 1.77. The van der Waals surface area contributed by atoms with Crippen LogP contribution in [-0.4, -0.2) is 0 Å². The third-order valence-electron chi connectivity index (χ3n) is 6.28. The molecule has 0 spiro atoms. The van der Waals surface area contributed by atoms with E-state index in [4.69, 9.17) is 4.42 Å². The first-order valence-corrected chi connectivity index (χ1v) is 10.9. The van der Waals surface area contributed by atoms with E-state index in [1.807, 2.05) is 38.4 Å². The SMILES string of the molecule is Cc1cc(C#N)c2c(oc3cc(-c4ccc(C(C)C)cc4)ccc32)c1-c1cccc[n+]1C. The maximum Gasteiger partial charge on any atom is 0.216 e. The van der Waals surface area contributed by atoms with Crippen LogP contribution in [0.15, 0.2) is 77.3 Å². The monoisotopic (exact) mass is 417 g/mol. The van der Waals surface area contributed by atoms with E-state index < -0.39 is 0 Å². The van der Waals surface area contributed by atoms with Crippen molar-refractivity contribution in [2.45, 2.75) is 26.7 Å². The summed E-state index contributed by atoms with van der Waals surface area (Å²) in [6.07, 6.45) is 2.03. The topological polar surface area (TPSA) is 40.8 Å². The van der Waals surface area contributed by atoms with Gasteiger partial charge in [-0.2, -0.15) is 5.26 Å². The second kappa shape index (κ2) is 7.66. The smallest absolute Gasteiger partial charge is 0.216 e. The average Bonchev–Trinajstić information content (AvgIpc) is 3.18. The molecule has 0 fully saturated rings. The molecule has 0 bridgehead atoms. The summed E-state index contributed by atoms with van der Waals surface area (Å²) in [6.45, 7) is 6.45. The van der Waals surface area contributed by atoms with Crippen molar-refractivity contribution in [1.29, 1.82) is 5.26 Å². The highest BCUT2D eigenvalue weighted by Crippen LogP contribution is 2.40. The Hall–Kier alpha value is -3.90. The van der Waals surface area contributed by atoms with Gasteiger partial charge in [0.2, 0.25) is 5.69 Å². The third kappa shape index (κ3) is 3.16. The number of aromatic nitrogens is 1. The molecular formula is C29H25N2O+. The lowest BCUT2D eigenvalue weighted by atomic mass is 9.95. The van der Waals surface area contributed by atoms with Crippen LogP contribution in [0.1, 0.15) is 36.5 Å². The van der Waals surface area contributed by atoms with Crippen molar-refractivity contribution in [3.63, 3.8) is 0 Å². The molecule has 0 radical (unpaired) electrons. The number of hydrogen-bond acceptors (Lipinski definition) is 2. The lowest BCUT2D eigenvalue weighted by molar-refractivity contribution is -0.660. The highest BCUT2D eigenvalue weighted by Gasteiger charge is 2.23. The van der Waals surface area contributed by atoms with Crippen LogP contribution in [0.3, 0.4) is 0 Å². The minimum atomic E-state index is 0.507. The fraction of sp³-hybridized carbons (Fsp3) is 0.172. The van der Waals surface area contributed by atoms with Gasteiger partial charge in [-0.15, -0.1) is 0 Å². The zero-order chi connectivity index (χ0) is 22.4. The first kappa shape index (κ1) is 20.0. The van der Waals surface area contributed by atoms with Gasteiger partial charge < -0.3 is 4.42 Å². The summed E-state index contributed by atoms with van der Waals surface area (Å²) >= 11 is 0. The summed E-state index contributed by atoms with van der Waals surface area (Å²) < 4.78 is 8.56. The summed E-state index contributed by atoms with van der Waals surface area (Å²) in [5, 5.41) is 11.7.